The summed E-state index contributed by atoms with van der Waals surface area (Å²) in [4.78, 5) is 2.43. The molecular weight excluding hydrogens is 298 g/mol. The van der Waals surface area contributed by atoms with Crippen LogP contribution in [-0.4, -0.2) is 0 Å². The second-order valence-corrected chi connectivity index (χ2v) is 6.75. The predicted octanol–water partition coefficient (Wildman–Crippen LogP) is 6.07. The highest BCUT2D eigenvalue weighted by molar-refractivity contribution is 7.99. The van der Waals surface area contributed by atoms with Crippen molar-refractivity contribution in [2.45, 2.75) is 48.4 Å². The molecule has 0 bridgehead atoms. The zero-order chi connectivity index (χ0) is 15.1. The average molecular weight is 320 g/mol. The summed E-state index contributed by atoms with van der Waals surface area (Å²) >= 11 is 7.69. The lowest BCUT2D eigenvalue weighted by Gasteiger charge is -2.16. The van der Waals surface area contributed by atoms with Crippen molar-refractivity contribution in [3.63, 3.8) is 0 Å². The molecule has 0 aliphatic carbocycles. The van der Waals surface area contributed by atoms with E-state index in [2.05, 4.69) is 31.2 Å². The Hall–Kier alpha value is -0.960. The van der Waals surface area contributed by atoms with Crippen LogP contribution in [0.25, 0.3) is 0 Å². The number of halogens is 1. The third-order valence-electron chi connectivity index (χ3n) is 3.48. The maximum Gasteiger partial charge on any atom is 0.0406 e. The van der Waals surface area contributed by atoms with Crippen LogP contribution in [0.5, 0.6) is 0 Å². The first-order valence-corrected chi connectivity index (χ1v) is 8.68. The predicted molar refractivity (Wildman–Crippen MR) is 93.1 cm³/mol. The van der Waals surface area contributed by atoms with E-state index in [1.807, 2.05) is 24.3 Å². The minimum Gasteiger partial charge on any atom is -0.324 e. The largest absolute Gasteiger partial charge is 0.324 e. The van der Waals surface area contributed by atoms with Crippen LogP contribution in [-0.2, 0) is 0 Å². The van der Waals surface area contributed by atoms with E-state index in [1.165, 1.54) is 34.6 Å². The Morgan fingerprint density at radius 1 is 1.05 bits per heavy atom. The molecule has 1 nitrogen and oxygen atoms in total. The maximum atomic E-state index is 6.38. The van der Waals surface area contributed by atoms with Crippen molar-refractivity contribution >= 4 is 23.4 Å². The van der Waals surface area contributed by atoms with Gasteiger partial charge in [0.25, 0.3) is 0 Å². The van der Waals surface area contributed by atoms with Crippen LogP contribution >= 0.6 is 23.4 Å². The van der Waals surface area contributed by atoms with Crippen LogP contribution in [0.15, 0.2) is 58.3 Å². The fraction of sp³-hybridized carbons (Fsp3) is 0.333. The lowest BCUT2D eigenvalue weighted by Crippen LogP contribution is -2.11. The molecule has 112 valence electrons. The molecule has 2 aromatic rings. The summed E-state index contributed by atoms with van der Waals surface area (Å²) in [5, 5.41) is 0.768. The summed E-state index contributed by atoms with van der Waals surface area (Å²) < 4.78 is 0. The molecule has 1 atom stereocenters. The van der Waals surface area contributed by atoms with Gasteiger partial charge >= 0.3 is 0 Å². The Kier molecular flexibility index (Phi) is 6.62. The van der Waals surface area contributed by atoms with Gasteiger partial charge in [-0.3, -0.25) is 0 Å². The minimum atomic E-state index is 0.118. The second kappa shape index (κ2) is 8.47. The van der Waals surface area contributed by atoms with Crippen molar-refractivity contribution in [3.8, 4) is 0 Å². The van der Waals surface area contributed by atoms with Crippen molar-refractivity contribution < 1.29 is 0 Å². The number of rotatable bonds is 7. The van der Waals surface area contributed by atoms with E-state index >= 15 is 0 Å². The third kappa shape index (κ3) is 5.06. The first kappa shape index (κ1) is 16.4. The Morgan fingerprint density at radius 3 is 2.48 bits per heavy atom. The van der Waals surface area contributed by atoms with Crippen molar-refractivity contribution in [1.29, 1.82) is 0 Å². The smallest absolute Gasteiger partial charge is 0.0406 e. The van der Waals surface area contributed by atoms with E-state index < -0.39 is 0 Å². The number of nitrogens with two attached hydrogens (primary N) is 1. The third-order valence-corrected chi connectivity index (χ3v) is 4.83. The quantitative estimate of drug-likeness (QED) is 0.627. The summed E-state index contributed by atoms with van der Waals surface area (Å²) in [7, 11) is 0. The molecule has 0 radical (unpaired) electrons. The van der Waals surface area contributed by atoms with Gasteiger partial charge in [0.2, 0.25) is 0 Å². The lowest BCUT2D eigenvalue weighted by molar-refractivity contribution is 0.575. The van der Waals surface area contributed by atoms with Crippen molar-refractivity contribution in [3.05, 3.63) is 59.1 Å². The maximum absolute atomic E-state index is 6.38. The lowest BCUT2D eigenvalue weighted by atomic mass is 10.0. The van der Waals surface area contributed by atoms with Crippen LogP contribution in [0, 0.1) is 0 Å². The van der Waals surface area contributed by atoms with E-state index in [0.29, 0.717) is 0 Å². The molecule has 0 heterocycles. The van der Waals surface area contributed by atoms with Gasteiger partial charge < -0.3 is 5.73 Å². The number of unbranched alkanes of at least 4 members (excludes halogenated alkanes) is 2. The van der Waals surface area contributed by atoms with Crippen LogP contribution < -0.4 is 5.73 Å². The molecule has 0 saturated carbocycles. The minimum absolute atomic E-state index is 0.118. The Morgan fingerprint density at radius 2 is 1.76 bits per heavy atom. The number of benzene rings is 2. The number of hydrogen-bond donors (Lipinski definition) is 1. The van der Waals surface area contributed by atoms with Gasteiger partial charge in [-0.15, -0.1) is 0 Å². The van der Waals surface area contributed by atoms with Crippen molar-refractivity contribution in [2.24, 2.45) is 5.73 Å². The van der Waals surface area contributed by atoms with E-state index in [1.54, 1.807) is 11.8 Å². The molecule has 0 spiro atoms. The molecule has 2 rings (SSSR count). The summed E-state index contributed by atoms with van der Waals surface area (Å²) in [6, 6.07) is 16.5. The first-order chi connectivity index (χ1) is 10.2. The van der Waals surface area contributed by atoms with Gasteiger partial charge in [-0.2, -0.15) is 0 Å². The zero-order valence-electron chi connectivity index (χ0n) is 12.4. The molecule has 0 aromatic heterocycles. The highest BCUT2D eigenvalue weighted by Crippen LogP contribution is 2.34. The fourth-order valence-corrected chi connectivity index (χ4v) is 3.42. The van der Waals surface area contributed by atoms with E-state index in [0.717, 1.165) is 11.4 Å². The van der Waals surface area contributed by atoms with Gasteiger partial charge in [0.05, 0.1) is 0 Å². The highest BCUT2D eigenvalue weighted by atomic mass is 35.5. The van der Waals surface area contributed by atoms with Gasteiger partial charge in [0.15, 0.2) is 0 Å². The fourth-order valence-electron chi connectivity index (χ4n) is 2.28. The molecule has 0 aliphatic rings. The van der Waals surface area contributed by atoms with Gasteiger partial charge in [-0.1, -0.05) is 67.7 Å². The van der Waals surface area contributed by atoms with Crippen molar-refractivity contribution in [2.75, 3.05) is 0 Å². The van der Waals surface area contributed by atoms with Crippen LogP contribution in [0.2, 0.25) is 5.02 Å². The molecule has 0 aliphatic heterocycles. The first-order valence-electron chi connectivity index (χ1n) is 7.48. The van der Waals surface area contributed by atoms with E-state index in [9.17, 15) is 0 Å². The normalized spacial score (nSPS) is 12.3. The summed E-state index contributed by atoms with van der Waals surface area (Å²) in [6.07, 6.45) is 4.72. The van der Waals surface area contributed by atoms with Gasteiger partial charge in [0.1, 0.15) is 0 Å². The van der Waals surface area contributed by atoms with E-state index in [-0.39, 0.29) is 6.04 Å². The molecule has 3 heteroatoms. The second-order valence-electron chi connectivity index (χ2n) is 5.20. The average Bonchev–Trinajstić information content (AvgIpc) is 2.50. The monoisotopic (exact) mass is 319 g/mol. The molecule has 0 unspecified atom stereocenters. The Balaban J connectivity index is 2.10. The zero-order valence-corrected chi connectivity index (χ0v) is 14.0. The van der Waals surface area contributed by atoms with Crippen molar-refractivity contribution in [1.82, 2.24) is 0 Å². The van der Waals surface area contributed by atoms with E-state index in [4.69, 9.17) is 17.3 Å². The van der Waals surface area contributed by atoms with Gasteiger partial charge in [0, 0.05) is 20.9 Å². The number of hydrogen-bond acceptors (Lipinski definition) is 2. The summed E-state index contributed by atoms with van der Waals surface area (Å²) in [5.74, 6) is 0. The SMILES string of the molecule is CCCCC[C@@H](N)c1ccccc1Sc1ccc(Cl)cc1. The summed E-state index contributed by atoms with van der Waals surface area (Å²) in [6.45, 7) is 2.22. The molecular formula is C18H22ClNS. The van der Waals surface area contributed by atoms with Crippen LogP contribution in [0.4, 0.5) is 0 Å². The molecule has 0 saturated heterocycles. The highest BCUT2D eigenvalue weighted by Gasteiger charge is 2.11. The Labute approximate surface area is 136 Å². The van der Waals surface area contributed by atoms with Gasteiger partial charge in [-0.05, 0) is 42.3 Å². The molecule has 2 aromatic carbocycles. The van der Waals surface area contributed by atoms with Crippen LogP contribution in [0.3, 0.4) is 0 Å². The Bertz CT molecular complexity index is 553. The standard InChI is InChI=1S/C18H22ClNS/c1-2-3-4-8-17(20)16-7-5-6-9-18(16)21-15-12-10-14(19)11-13-15/h5-7,9-13,17H,2-4,8,20H2,1H3/t17-/m1/s1. The summed E-state index contributed by atoms with van der Waals surface area (Å²) in [5.41, 5.74) is 7.62. The molecule has 0 fully saturated rings. The van der Waals surface area contributed by atoms with Gasteiger partial charge in [-0.25, -0.2) is 0 Å². The molecule has 2 N–H and O–H groups in total. The molecule has 21 heavy (non-hydrogen) atoms. The van der Waals surface area contributed by atoms with Crippen LogP contribution in [0.1, 0.15) is 44.2 Å². The molecule has 0 amide bonds. The topological polar surface area (TPSA) is 26.0 Å².